The molecule has 0 unspecified atom stereocenters. The molecule has 0 aliphatic carbocycles. The standard InChI is InChI=1S/C44H36N12O6S2.2Na.2H/c57-63(58,59)37-27-35(49-43-53-39(45-31-13-5-1-6-14-31)51-40(54-43)46-32-15-7-2-8-16-32)25-23-29(37)21-22-30-24-26-36(28-38(30)64(60,61)62)50-44-55-41(47-33-17-9-3-10-18-33)52-42(56-44)48-34-19-11-4-12-20-34;;;;/h1-28H,(H,57,58,59)(H,60,61,62)(H3,45,46,49,51,53,54)(H3,47,48,50,52,55,56);;;;/q;2*+1;2*-1. The van der Waals surface area contributed by atoms with E-state index in [0.29, 0.717) is 22.7 Å². The summed E-state index contributed by atoms with van der Waals surface area (Å²) in [5.41, 5.74) is 3.18. The summed E-state index contributed by atoms with van der Waals surface area (Å²) in [7, 11) is -9.71. The van der Waals surface area contributed by atoms with Gasteiger partial charge in [-0.2, -0.15) is 46.7 Å². The summed E-state index contributed by atoms with van der Waals surface area (Å²) >= 11 is 0. The molecule has 324 valence electrons. The molecule has 2 aromatic heterocycles. The maximum atomic E-state index is 12.7. The third-order valence-electron chi connectivity index (χ3n) is 8.93. The van der Waals surface area contributed by atoms with E-state index < -0.39 is 30.0 Å². The molecule has 66 heavy (non-hydrogen) atoms. The molecule has 18 nitrogen and oxygen atoms in total. The van der Waals surface area contributed by atoms with Crippen LogP contribution in [0.4, 0.5) is 69.8 Å². The Labute approximate surface area is 427 Å². The topological polar surface area (TPSA) is 258 Å². The van der Waals surface area contributed by atoms with Crippen LogP contribution in [0, 0.1) is 0 Å². The molecular formula is C44H38N12Na2O6S2. The summed E-state index contributed by atoms with van der Waals surface area (Å²) in [6.45, 7) is 0. The molecule has 0 fully saturated rings. The Morgan fingerprint density at radius 1 is 0.348 bits per heavy atom. The summed E-state index contributed by atoms with van der Waals surface area (Å²) in [4.78, 5) is 25.7. The van der Waals surface area contributed by atoms with Crippen LogP contribution < -0.4 is 91.0 Å². The predicted octanol–water partition coefficient (Wildman–Crippen LogP) is 3.42. The Bertz CT molecular complexity index is 2870. The minimum absolute atomic E-state index is 0. The van der Waals surface area contributed by atoms with Crippen molar-refractivity contribution in [2.24, 2.45) is 0 Å². The van der Waals surface area contributed by atoms with Crippen molar-refractivity contribution in [2.75, 3.05) is 31.9 Å². The number of para-hydroxylation sites is 4. The van der Waals surface area contributed by atoms with Gasteiger partial charge in [0.2, 0.25) is 35.7 Å². The zero-order valence-electron chi connectivity index (χ0n) is 37.2. The molecule has 8 aromatic rings. The number of hydrogen-bond acceptors (Lipinski definition) is 16. The van der Waals surface area contributed by atoms with Crippen molar-refractivity contribution in [3.8, 4) is 0 Å². The van der Waals surface area contributed by atoms with Gasteiger partial charge < -0.3 is 34.8 Å². The molecule has 0 bridgehead atoms. The zero-order chi connectivity index (χ0) is 44.5. The van der Waals surface area contributed by atoms with Crippen molar-refractivity contribution in [2.45, 2.75) is 9.79 Å². The Kier molecular flexibility index (Phi) is 16.6. The van der Waals surface area contributed by atoms with E-state index >= 15 is 0 Å². The zero-order valence-corrected chi connectivity index (χ0v) is 40.8. The Balaban J connectivity index is 0.00000252. The molecule has 0 amide bonds. The van der Waals surface area contributed by atoms with Crippen LogP contribution in [-0.2, 0) is 20.2 Å². The molecule has 0 spiro atoms. The number of nitrogens with one attached hydrogen (secondary N) is 6. The van der Waals surface area contributed by atoms with Gasteiger partial charge in [0.05, 0.1) is 0 Å². The summed E-state index contributed by atoms with van der Waals surface area (Å²) in [5, 5.41) is 18.4. The number of hydrogen-bond donors (Lipinski definition) is 8. The van der Waals surface area contributed by atoms with E-state index in [4.69, 9.17) is 0 Å². The van der Waals surface area contributed by atoms with Gasteiger partial charge in [-0.15, -0.1) is 0 Å². The van der Waals surface area contributed by atoms with Gasteiger partial charge in [0.15, 0.2) is 0 Å². The van der Waals surface area contributed by atoms with Crippen LogP contribution in [0.15, 0.2) is 168 Å². The summed E-state index contributed by atoms with van der Waals surface area (Å²) < 4.78 is 71.6. The summed E-state index contributed by atoms with van der Waals surface area (Å²) in [5.74, 6) is 0.775. The number of aromatic nitrogens is 6. The molecule has 8 N–H and O–H groups in total. The van der Waals surface area contributed by atoms with Gasteiger partial charge >= 0.3 is 59.1 Å². The second kappa shape index (κ2) is 22.3. The van der Waals surface area contributed by atoms with Crippen LogP contribution in [0.3, 0.4) is 0 Å². The number of nitrogens with zero attached hydrogens (tertiary/aromatic N) is 6. The molecule has 0 radical (unpaired) electrons. The number of anilines is 12. The maximum absolute atomic E-state index is 12.7. The van der Waals surface area contributed by atoms with Crippen molar-refractivity contribution in [3.05, 3.63) is 169 Å². The molecular weight excluding hydrogens is 903 g/mol. The van der Waals surface area contributed by atoms with Gasteiger partial charge in [-0.25, -0.2) is 0 Å². The molecule has 0 saturated carbocycles. The van der Waals surface area contributed by atoms with Crippen LogP contribution >= 0.6 is 0 Å². The van der Waals surface area contributed by atoms with Crippen LogP contribution in [-0.4, -0.2) is 55.8 Å². The van der Waals surface area contributed by atoms with Gasteiger partial charge in [0.1, 0.15) is 9.79 Å². The molecule has 22 heteroatoms. The van der Waals surface area contributed by atoms with Crippen LogP contribution in [0.25, 0.3) is 12.2 Å². The van der Waals surface area contributed by atoms with Crippen molar-refractivity contribution in [1.29, 1.82) is 0 Å². The molecule has 2 heterocycles. The quantitative estimate of drug-likeness (QED) is 0.0392. The Morgan fingerprint density at radius 2 is 0.576 bits per heavy atom. The summed E-state index contributed by atoms with van der Waals surface area (Å²) in [6.07, 6.45) is 2.57. The Hall–Kier alpha value is -6.30. The van der Waals surface area contributed by atoms with Crippen LogP contribution in [0.2, 0.25) is 0 Å². The smallest absolute Gasteiger partial charge is 1.00 e. The molecule has 8 rings (SSSR count). The van der Waals surface area contributed by atoms with Gasteiger partial charge in [0, 0.05) is 34.1 Å². The first-order chi connectivity index (χ1) is 30.9. The fraction of sp³-hybridized carbons (Fsp3) is 0. The monoisotopic (exact) mass is 940 g/mol. The Morgan fingerprint density at radius 3 is 0.803 bits per heavy atom. The molecule has 0 saturated heterocycles. The minimum Gasteiger partial charge on any atom is -1.00 e. The van der Waals surface area contributed by atoms with E-state index in [1.807, 2.05) is 121 Å². The fourth-order valence-electron chi connectivity index (χ4n) is 6.07. The SMILES string of the molecule is O=S(=O)(O)c1cc(Nc2nc(Nc3ccccc3)nc(Nc3ccccc3)n2)ccc1C=Cc1ccc(Nc2nc(Nc3ccccc3)nc(Nc3ccccc3)n2)cc1S(=O)(=O)O.[H-].[H-].[Na+].[Na+]. The fourth-order valence-corrected chi connectivity index (χ4v) is 7.49. The minimum atomic E-state index is -4.85. The van der Waals surface area contributed by atoms with Gasteiger partial charge in [0.25, 0.3) is 20.2 Å². The van der Waals surface area contributed by atoms with E-state index in [-0.39, 0.29) is 120 Å². The average molecular weight is 941 g/mol. The van der Waals surface area contributed by atoms with E-state index in [1.165, 1.54) is 48.6 Å². The van der Waals surface area contributed by atoms with Gasteiger partial charge in [-0.1, -0.05) is 97.1 Å². The second-order valence-corrected chi connectivity index (χ2v) is 16.4. The second-order valence-electron chi connectivity index (χ2n) is 13.6. The average Bonchev–Trinajstić information content (AvgIpc) is 3.27. The van der Waals surface area contributed by atoms with E-state index in [0.717, 1.165) is 0 Å². The first-order valence-corrected chi connectivity index (χ1v) is 22.0. The predicted molar refractivity (Wildman–Crippen MR) is 249 cm³/mol. The molecule has 0 aliphatic heterocycles. The van der Waals surface area contributed by atoms with Crippen molar-refractivity contribution in [1.82, 2.24) is 29.9 Å². The van der Waals surface area contributed by atoms with Crippen molar-refractivity contribution >= 4 is 102 Å². The van der Waals surface area contributed by atoms with E-state index in [9.17, 15) is 25.9 Å². The van der Waals surface area contributed by atoms with Crippen LogP contribution in [0.1, 0.15) is 14.0 Å². The molecule has 6 aromatic carbocycles. The van der Waals surface area contributed by atoms with E-state index in [1.54, 1.807) is 0 Å². The maximum Gasteiger partial charge on any atom is 1.00 e. The van der Waals surface area contributed by atoms with Crippen molar-refractivity contribution in [3.63, 3.8) is 0 Å². The van der Waals surface area contributed by atoms with Gasteiger partial charge in [-0.3, -0.25) is 9.11 Å². The molecule has 0 atom stereocenters. The first-order valence-electron chi connectivity index (χ1n) is 19.2. The summed E-state index contributed by atoms with van der Waals surface area (Å²) in [6, 6.07) is 45.0. The third kappa shape index (κ3) is 13.6. The molecule has 0 aliphatic rings. The number of rotatable bonds is 16. The number of benzene rings is 6. The normalized spacial score (nSPS) is 11.1. The largest absolute Gasteiger partial charge is 1.00 e. The first kappa shape index (κ1) is 49.1. The van der Waals surface area contributed by atoms with Gasteiger partial charge in [-0.05, 0) is 83.9 Å². The van der Waals surface area contributed by atoms with Crippen LogP contribution in [0.5, 0.6) is 0 Å². The third-order valence-corrected chi connectivity index (χ3v) is 10.7. The van der Waals surface area contributed by atoms with E-state index in [2.05, 4.69) is 61.8 Å². The van der Waals surface area contributed by atoms with Crippen molar-refractivity contribution < 1.29 is 87.9 Å².